The average molecular weight is 604 g/mol. The van der Waals surface area contributed by atoms with Crippen LogP contribution in [0, 0.1) is 0 Å². The molecule has 2 amide bonds. The Morgan fingerprint density at radius 3 is 2.69 bits per heavy atom. The average Bonchev–Trinajstić information content (AvgIpc) is 3.36. The van der Waals surface area contributed by atoms with Gasteiger partial charge in [-0.2, -0.15) is 0 Å². The van der Waals surface area contributed by atoms with E-state index in [1.807, 2.05) is 30.1 Å². The number of alkyl carbamates (subject to hydrolysis) is 1. The molecule has 0 saturated carbocycles. The summed E-state index contributed by atoms with van der Waals surface area (Å²) in [6.45, 7) is 2.36. The van der Waals surface area contributed by atoms with Crippen LogP contribution in [0.25, 0.3) is 0 Å². The Morgan fingerprint density at radius 2 is 1.93 bits per heavy atom. The molecule has 12 nitrogen and oxygen atoms in total. The lowest BCUT2D eigenvalue weighted by Crippen LogP contribution is -2.47. The molecular formula is C29H37N3O9S. The molecule has 42 heavy (non-hydrogen) atoms. The zero-order chi connectivity index (χ0) is 29.9. The van der Waals surface area contributed by atoms with Gasteiger partial charge < -0.3 is 39.2 Å². The highest BCUT2D eigenvalue weighted by Crippen LogP contribution is 2.37. The fourth-order valence-corrected chi connectivity index (χ4v) is 6.15. The second kappa shape index (κ2) is 12.4. The number of nitrogens with zero attached hydrogens (tertiary/aromatic N) is 2. The third-order valence-corrected chi connectivity index (χ3v) is 8.99. The van der Waals surface area contributed by atoms with E-state index in [0.29, 0.717) is 51.1 Å². The molecule has 2 N–H and O–H groups in total. The van der Waals surface area contributed by atoms with E-state index >= 15 is 0 Å². The number of aliphatic hydroxyl groups is 1. The smallest absolute Gasteiger partial charge is 0.407 e. The molecule has 2 atom stereocenters. The summed E-state index contributed by atoms with van der Waals surface area (Å²) >= 11 is 0. The lowest BCUT2D eigenvalue weighted by Gasteiger charge is -2.38. The maximum Gasteiger partial charge on any atom is 0.407 e. The van der Waals surface area contributed by atoms with E-state index in [4.69, 9.17) is 18.9 Å². The number of benzene rings is 2. The number of rotatable bonds is 8. The molecule has 2 saturated heterocycles. The van der Waals surface area contributed by atoms with E-state index < -0.39 is 27.6 Å². The second-order valence-corrected chi connectivity index (χ2v) is 13.1. The number of ether oxygens (including phenoxy) is 4. The summed E-state index contributed by atoms with van der Waals surface area (Å²) < 4.78 is 45.8. The van der Waals surface area contributed by atoms with Crippen LogP contribution in [0.2, 0.25) is 0 Å². The van der Waals surface area contributed by atoms with Gasteiger partial charge in [-0.05, 0) is 55.7 Å². The maximum atomic E-state index is 13.2. The highest BCUT2D eigenvalue weighted by molar-refractivity contribution is 7.90. The molecule has 228 valence electrons. The Labute approximate surface area is 245 Å². The van der Waals surface area contributed by atoms with Crippen molar-refractivity contribution in [1.82, 2.24) is 10.2 Å². The zero-order valence-electron chi connectivity index (χ0n) is 23.8. The third-order valence-electron chi connectivity index (χ3n) is 7.88. The molecule has 2 fully saturated rings. The van der Waals surface area contributed by atoms with Gasteiger partial charge in [-0.3, -0.25) is 4.79 Å². The van der Waals surface area contributed by atoms with Gasteiger partial charge in [0.25, 0.3) is 5.91 Å². The Kier molecular flexibility index (Phi) is 8.81. The van der Waals surface area contributed by atoms with E-state index in [2.05, 4.69) is 10.2 Å². The standard InChI is InChI=1S/C29H37N3O9S/c1-31-12-13-38-26-14-20(6-7-25(26)31)27(34)32-10-8-29(9-11-32)16-21(17-41-29)30-28(35)40-19-22(33)18-39-23-4-3-5-24(15-23)42(2,36)37/h3-7,14-15,21-22,33H,8-13,16-19H2,1-2H3,(H,30,35)/t21?,22-/m0/s1. The molecule has 1 unspecified atom stereocenters. The Morgan fingerprint density at radius 1 is 1.14 bits per heavy atom. The van der Waals surface area contributed by atoms with Gasteiger partial charge >= 0.3 is 6.09 Å². The van der Waals surface area contributed by atoms with E-state index in [-0.39, 0.29) is 35.8 Å². The number of hydrogen-bond acceptors (Lipinski definition) is 10. The summed E-state index contributed by atoms with van der Waals surface area (Å²) in [5.74, 6) is 0.973. The van der Waals surface area contributed by atoms with Gasteiger partial charge in [-0.25, -0.2) is 13.2 Å². The van der Waals surface area contributed by atoms with E-state index in [0.717, 1.165) is 24.2 Å². The molecule has 2 aromatic rings. The highest BCUT2D eigenvalue weighted by Gasteiger charge is 2.44. The number of aliphatic hydroxyl groups excluding tert-OH is 1. The SMILES string of the molecule is CN1CCOc2cc(C(=O)N3CCC4(CC3)CC(NC(=O)OC[C@@H](O)COc3cccc(S(C)(=O)=O)c3)CO4)ccc21. The monoisotopic (exact) mass is 603 g/mol. The van der Waals surface area contributed by atoms with Crippen LogP contribution in [0.3, 0.4) is 0 Å². The lowest BCUT2D eigenvalue weighted by atomic mass is 9.87. The third kappa shape index (κ3) is 7.08. The second-order valence-electron chi connectivity index (χ2n) is 11.1. The van der Waals surface area contributed by atoms with Crippen molar-refractivity contribution in [2.24, 2.45) is 0 Å². The minimum Gasteiger partial charge on any atom is -0.491 e. The van der Waals surface area contributed by atoms with Crippen LogP contribution in [0.1, 0.15) is 29.6 Å². The van der Waals surface area contributed by atoms with E-state index in [9.17, 15) is 23.1 Å². The van der Waals surface area contributed by atoms with Gasteiger partial charge in [-0.1, -0.05) is 6.07 Å². The van der Waals surface area contributed by atoms with Crippen molar-refractivity contribution in [1.29, 1.82) is 0 Å². The van der Waals surface area contributed by atoms with Gasteiger partial charge in [0, 0.05) is 32.0 Å². The number of hydrogen-bond donors (Lipinski definition) is 2. The summed E-state index contributed by atoms with van der Waals surface area (Å²) in [5, 5.41) is 12.9. The van der Waals surface area contributed by atoms with Crippen LogP contribution in [0.5, 0.6) is 11.5 Å². The van der Waals surface area contributed by atoms with E-state index in [1.54, 1.807) is 12.1 Å². The fourth-order valence-electron chi connectivity index (χ4n) is 5.49. The van der Waals surface area contributed by atoms with Crippen LogP contribution in [0.4, 0.5) is 10.5 Å². The first-order valence-corrected chi connectivity index (χ1v) is 15.9. The molecule has 3 aliphatic heterocycles. The van der Waals surface area contributed by atoms with Crippen LogP contribution >= 0.6 is 0 Å². The molecule has 1 spiro atoms. The van der Waals surface area contributed by atoms with Crippen molar-refractivity contribution in [3.05, 3.63) is 48.0 Å². The largest absolute Gasteiger partial charge is 0.491 e. The first-order valence-electron chi connectivity index (χ1n) is 14.0. The van der Waals surface area contributed by atoms with Crippen molar-refractivity contribution >= 4 is 27.5 Å². The number of carbonyl (C=O) groups is 2. The molecule has 3 heterocycles. The fraction of sp³-hybridized carbons (Fsp3) is 0.517. The summed E-state index contributed by atoms with van der Waals surface area (Å²) in [6, 6.07) is 11.3. The van der Waals surface area contributed by atoms with Crippen LogP contribution < -0.4 is 19.7 Å². The molecule has 0 radical (unpaired) electrons. The van der Waals surface area contributed by atoms with Crippen LogP contribution in [0.15, 0.2) is 47.4 Å². The normalized spacial score (nSPS) is 20.4. The number of carbonyl (C=O) groups excluding carboxylic acids is 2. The van der Waals surface area contributed by atoms with E-state index in [1.165, 1.54) is 12.1 Å². The maximum absolute atomic E-state index is 13.2. The molecule has 0 aliphatic carbocycles. The van der Waals surface area contributed by atoms with Crippen molar-refractivity contribution in [2.45, 2.75) is 41.9 Å². The summed E-state index contributed by atoms with van der Waals surface area (Å²) in [5.41, 5.74) is 1.17. The number of piperidine rings is 1. The molecule has 5 rings (SSSR count). The van der Waals surface area contributed by atoms with Crippen molar-refractivity contribution < 1.29 is 42.1 Å². The predicted octanol–water partition coefficient (Wildman–Crippen LogP) is 1.85. The number of likely N-dealkylation sites (tertiary alicyclic amines) is 1. The topological polar surface area (TPSA) is 144 Å². The van der Waals surface area contributed by atoms with Crippen molar-refractivity contribution in [3.63, 3.8) is 0 Å². The molecule has 0 aromatic heterocycles. The minimum absolute atomic E-state index is 0.0358. The Balaban J connectivity index is 1.03. The summed E-state index contributed by atoms with van der Waals surface area (Å²) in [4.78, 5) is 29.6. The molecule has 2 aromatic carbocycles. The van der Waals surface area contributed by atoms with Crippen LogP contribution in [-0.4, -0.2) is 108 Å². The number of amides is 2. The number of nitrogens with one attached hydrogen (secondary N) is 1. The van der Waals surface area contributed by atoms with Gasteiger partial charge in [0.05, 0.1) is 35.4 Å². The molecule has 3 aliphatic rings. The van der Waals surface area contributed by atoms with Crippen LogP contribution in [-0.2, 0) is 19.3 Å². The minimum atomic E-state index is -3.38. The molecule has 0 bridgehead atoms. The Bertz CT molecular complexity index is 1410. The van der Waals surface area contributed by atoms with Crippen molar-refractivity contribution in [3.8, 4) is 11.5 Å². The predicted molar refractivity (Wildman–Crippen MR) is 153 cm³/mol. The van der Waals surface area contributed by atoms with Gasteiger partial charge in [0.2, 0.25) is 0 Å². The summed E-state index contributed by atoms with van der Waals surface area (Å²) in [7, 11) is -1.38. The van der Waals surface area contributed by atoms with Gasteiger partial charge in [0.1, 0.15) is 37.4 Å². The highest BCUT2D eigenvalue weighted by atomic mass is 32.2. The number of sulfone groups is 1. The molecular weight excluding hydrogens is 566 g/mol. The lowest BCUT2D eigenvalue weighted by molar-refractivity contribution is -0.0389. The molecule has 13 heteroatoms. The summed E-state index contributed by atoms with van der Waals surface area (Å²) in [6.07, 6.45) is 1.24. The Hall–Kier alpha value is -3.55. The number of fused-ring (bicyclic) bond motifs is 1. The number of likely N-dealkylation sites (N-methyl/N-ethyl adjacent to an activating group) is 1. The number of anilines is 1. The van der Waals surface area contributed by atoms with Gasteiger partial charge in [-0.15, -0.1) is 0 Å². The van der Waals surface area contributed by atoms with Gasteiger partial charge in [0.15, 0.2) is 9.84 Å². The quantitative estimate of drug-likeness (QED) is 0.459. The van der Waals surface area contributed by atoms with Crippen molar-refractivity contribution in [2.75, 3.05) is 64.3 Å². The zero-order valence-corrected chi connectivity index (χ0v) is 24.6. The first kappa shape index (κ1) is 29.9. The first-order chi connectivity index (χ1) is 20.0.